The second kappa shape index (κ2) is 4.74. The number of nitrogens with zero attached hydrogens (tertiary/aromatic N) is 2. The summed E-state index contributed by atoms with van der Waals surface area (Å²) in [6.45, 7) is 0.238. The van der Waals surface area contributed by atoms with Gasteiger partial charge in [-0.05, 0) is 24.7 Å². The molecule has 1 heterocycles. The summed E-state index contributed by atoms with van der Waals surface area (Å²) in [5, 5.41) is 5.37. The zero-order chi connectivity index (χ0) is 9.68. The predicted molar refractivity (Wildman–Crippen MR) is 49.6 cm³/mol. The highest BCUT2D eigenvalue weighted by Crippen LogP contribution is 2.04. The largest absolute Gasteiger partial charge is 0.311 e. The summed E-state index contributed by atoms with van der Waals surface area (Å²) in [5.41, 5.74) is 0. The molecule has 0 aliphatic heterocycles. The molecule has 1 rings (SSSR count). The van der Waals surface area contributed by atoms with Crippen LogP contribution in [0.1, 0.15) is 0 Å². The van der Waals surface area contributed by atoms with Gasteiger partial charge in [0.25, 0.3) is 0 Å². The first-order chi connectivity index (χ1) is 6.22. The van der Waals surface area contributed by atoms with Gasteiger partial charge in [0.2, 0.25) is 11.2 Å². The van der Waals surface area contributed by atoms with Gasteiger partial charge in [-0.2, -0.15) is 0 Å². The van der Waals surface area contributed by atoms with Gasteiger partial charge in [0.05, 0.1) is 6.54 Å². The van der Waals surface area contributed by atoms with Gasteiger partial charge in [0.1, 0.15) is 5.82 Å². The monoisotopic (exact) mass is 200 g/mol. The van der Waals surface area contributed by atoms with Crippen molar-refractivity contribution in [2.24, 2.45) is 0 Å². The van der Waals surface area contributed by atoms with E-state index in [1.807, 2.05) is 0 Å². The van der Waals surface area contributed by atoms with Crippen LogP contribution in [0.4, 0.5) is 5.82 Å². The fourth-order valence-corrected chi connectivity index (χ4v) is 0.900. The van der Waals surface area contributed by atoms with Crippen molar-refractivity contribution >= 4 is 23.3 Å². The second-order valence-corrected chi connectivity index (χ2v) is 2.63. The van der Waals surface area contributed by atoms with E-state index in [9.17, 15) is 4.79 Å². The SMILES string of the molecule is CNCC(=O)Nc1ccnc(Cl)n1. The van der Waals surface area contributed by atoms with Gasteiger partial charge in [-0.1, -0.05) is 0 Å². The lowest BCUT2D eigenvalue weighted by Crippen LogP contribution is -2.25. The maximum absolute atomic E-state index is 11.0. The fourth-order valence-electron chi connectivity index (χ4n) is 0.752. The van der Waals surface area contributed by atoms with Gasteiger partial charge in [0, 0.05) is 6.20 Å². The minimum atomic E-state index is -0.169. The predicted octanol–water partition coefficient (Wildman–Crippen LogP) is 0.288. The van der Waals surface area contributed by atoms with Crippen molar-refractivity contribution in [2.45, 2.75) is 0 Å². The number of halogens is 1. The lowest BCUT2D eigenvalue weighted by Gasteiger charge is -2.02. The van der Waals surface area contributed by atoms with Crippen molar-refractivity contribution in [3.8, 4) is 0 Å². The number of hydrogen-bond acceptors (Lipinski definition) is 4. The molecule has 0 saturated heterocycles. The third kappa shape index (κ3) is 3.35. The molecule has 6 heteroatoms. The highest BCUT2D eigenvalue weighted by atomic mass is 35.5. The van der Waals surface area contributed by atoms with Crippen LogP contribution in [0.3, 0.4) is 0 Å². The average molecular weight is 201 g/mol. The van der Waals surface area contributed by atoms with Crippen LogP contribution in [0, 0.1) is 0 Å². The zero-order valence-electron chi connectivity index (χ0n) is 7.04. The number of nitrogens with one attached hydrogen (secondary N) is 2. The number of likely N-dealkylation sites (N-methyl/N-ethyl adjacent to an activating group) is 1. The Kier molecular flexibility index (Phi) is 3.60. The molecule has 13 heavy (non-hydrogen) atoms. The molecule has 1 aromatic heterocycles. The van der Waals surface area contributed by atoms with Crippen LogP contribution in [-0.4, -0.2) is 29.5 Å². The summed E-state index contributed by atoms with van der Waals surface area (Å²) in [6.07, 6.45) is 1.48. The van der Waals surface area contributed by atoms with E-state index >= 15 is 0 Å². The average Bonchev–Trinajstić information content (AvgIpc) is 2.04. The van der Waals surface area contributed by atoms with E-state index in [4.69, 9.17) is 11.6 Å². The van der Waals surface area contributed by atoms with Gasteiger partial charge in [-0.3, -0.25) is 4.79 Å². The number of carbonyl (C=O) groups excluding carboxylic acids is 1. The maximum Gasteiger partial charge on any atom is 0.239 e. The molecule has 1 amide bonds. The fraction of sp³-hybridized carbons (Fsp3) is 0.286. The minimum absolute atomic E-state index is 0.113. The van der Waals surface area contributed by atoms with E-state index in [0.29, 0.717) is 5.82 Å². The number of amides is 1. The van der Waals surface area contributed by atoms with E-state index in [1.165, 1.54) is 6.20 Å². The van der Waals surface area contributed by atoms with Crippen LogP contribution in [0.5, 0.6) is 0 Å². The maximum atomic E-state index is 11.0. The standard InChI is InChI=1S/C7H9ClN4O/c1-9-4-6(13)11-5-2-3-10-7(8)12-5/h2-3,9H,4H2,1H3,(H,10,11,12,13). The van der Waals surface area contributed by atoms with E-state index in [-0.39, 0.29) is 17.7 Å². The van der Waals surface area contributed by atoms with Crippen LogP contribution in [0.2, 0.25) is 5.28 Å². The summed E-state index contributed by atoms with van der Waals surface area (Å²) in [6, 6.07) is 1.57. The van der Waals surface area contributed by atoms with Crippen molar-refractivity contribution in [3.05, 3.63) is 17.5 Å². The quantitative estimate of drug-likeness (QED) is 0.689. The molecule has 0 spiro atoms. The molecule has 0 fully saturated rings. The number of anilines is 1. The van der Waals surface area contributed by atoms with Crippen molar-refractivity contribution in [2.75, 3.05) is 18.9 Å². The minimum Gasteiger partial charge on any atom is -0.311 e. The molecule has 0 unspecified atom stereocenters. The van der Waals surface area contributed by atoms with Gasteiger partial charge in [0.15, 0.2) is 0 Å². The molecule has 5 nitrogen and oxygen atoms in total. The first-order valence-corrected chi connectivity index (χ1v) is 4.03. The third-order valence-corrected chi connectivity index (χ3v) is 1.41. The van der Waals surface area contributed by atoms with Crippen LogP contribution in [-0.2, 0) is 4.79 Å². The summed E-state index contributed by atoms with van der Waals surface area (Å²) >= 11 is 5.52. The number of rotatable bonds is 3. The van der Waals surface area contributed by atoms with Gasteiger partial charge >= 0.3 is 0 Å². The number of hydrogen-bond donors (Lipinski definition) is 2. The van der Waals surface area contributed by atoms with Crippen molar-refractivity contribution in [1.29, 1.82) is 0 Å². The topological polar surface area (TPSA) is 66.9 Å². The molecule has 70 valence electrons. The Labute approximate surface area is 80.5 Å². The lowest BCUT2D eigenvalue weighted by molar-refractivity contribution is -0.115. The smallest absolute Gasteiger partial charge is 0.239 e. The number of aromatic nitrogens is 2. The summed E-state index contributed by atoms with van der Waals surface area (Å²) in [7, 11) is 1.69. The normalized spacial score (nSPS) is 9.69. The van der Waals surface area contributed by atoms with Crippen molar-refractivity contribution in [1.82, 2.24) is 15.3 Å². The van der Waals surface area contributed by atoms with E-state index in [2.05, 4.69) is 20.6 Å². The van der Waals surface area contributed by atoms with Crippen LogP contribution >= 0.6 is 11.6 Å². The molecule has 0 saturated carbocycles. The number of carbonyl (C=O) groups is 1. The Morgan fingerprint density at radius 2 is 2.46 bits per heavy atom. The highest BCUT2D eigenvalue weighted by Gasteiger charge is 2.01. The molecule has 0 bridgehead atoms. The van der Waals surface area contributed by atoms with Crippen LogP contribution in [0.25, 0.3) is 0 Å². The molecule has 2 N–H and O–H groups in total. The molecular weight excluding hydrogens is 192 g/mol. The molecule has 0 aromatic carbocycles. The van der Waals surface area contributed by atoms with Crippen LogP contribution in [0.15, 0.2) is 12.3 Å². The summed E-state index contributed by atoms with van der Waals surface area (Å²) in [4.78, 5) is 18.5. The highest BCUT2D eigenvalue weighted by molar-refractivity contribution is 6.28. The first-order valence-electron chi connectivity index (χ1n) is 3.65. The first kappa shape index (κ1) is 9.88. The molecule has 1 aromatic rings. The molecular formula is C7H9ClN4O. The lowest BCUT2D eigenvalue weighted by atomic mass is 10.5. The van der Waals surface area contributed by atoms with Crippen molar-refractivity contribution in [3.63, 3.8) is 0 Å². The Balaban J connectivity index is 2.58. The Bertz CT molecular complexity index is 304. The van der Waals surface area contributed by atoms with E-state index in [0.717, 1.165) is 0 Å². The zero-order valence-corrected chi connectivity index (χ0v) is 7.80. The Hall–Kier alpha value is -1.20. The van der Waals surface area contributed by atoms with Gasteiger partial charge in [-0.15, -0.1) is 0 Å². The molecule has 0 atom stereocenters. The second-order valence-electron chi connectivity index (χ2n) is 2.29. The third-order valence-electron chi connectivity index (χ3n) is 1.23. The van der Waals surface area contributed by atoms with Crippen LogP contribution < -0.4 is 10.6 Å². The molecule has 0 aliphatic rings. The van der Waals surface area contributed by atoms with Gasteiger partial charge in [-0.25, -0.2) is 9.97 Å². The Morgan fingerprint density at radius 1 is 1.69 bits per heavy atom. The van der Waals surface area contributed by atoms with Gasteiger partial charge < -0.3 is 10.6 Å². The Morgan fingerprint density at radius 3 is 3.08 bits per heavy atom. The van der Waals surface area contributed by atoms with E-state index in [1.54, 1.807) is 13.1 Å². The summed E-state index contributed by atoms with van der Waals surface area (Å²) in [5.74, 6) is 0.234. The van der Waals surface area contributed by atoms with E-state index < -0.39 is 0 Å². The molecule has 0 aliphatic carbocycles. The van der Waals surface area contributed by atoms with Crippen molar-refractivity contribution < 1.29 is 4.79 Å². The molecule has 0 radical (unpaired) electrons. The summed E-state index contributed by atoms with van der Waals surface area (Å²) < 4.78 is 0.